The van der Waals surface area contributed by atoms with Gasteiger partial charge in [-0.2, -0.15) is 13.2 Å². The van der Waals surface area contributed by atoms with Gasteiger partial charge in [0.15, 0.2) is 0 Å². The highest BCUT2D eigenvalue weighted by molar-refractivity contribution is 5.79. The normalized spacial score (nSPS) is 12.3. The number of nitrogens with two attached hydrogens (primary N) is 1. The van der Waals surface area contributed by atoms with E-state index in [2.05, 4.69) is 15.7 Å². The largest absolute Gasteiger partial charge is 0.416 e. The van der Waals surface area contributed by atoms with Gasteiger partial charge in [-0.1, -0.05) is 12.1 Å². The lowest BCUT2D eigenvalue weighted by molar-refractivity contribution is -0.137. The number of halogens is 3. The molecule has 5 nitrogen and oxygen atoms in total. The van der Waals surface area contributed by atoms with Gasteiger partial charge >= 0.3 is 6.18 Å². The summed E-state index contributed by atoms with van der Waals surface area (Å²) in [6.45, 7) is 1.47. The summed E-state index contributed by atoms with van der Waals surface area (Å²) in [4.78, 5) is 4.15. The third kappa shape index (κ3) is 6.46. The number of rotatable bonds is 6. The third-order valence-corrected chi connectivity index (χ3v) is 2.66. The van der Waals surface area contributed by atoms with Gasteiger partial charge in [0, 0.05) is 20.3 Å². The van der Waals surface area contributed by atoms with Gasteiger partial charge in [-0.3, -0.25) is 5.43 Å². The topological polar surface area (TPSA) is 71.7 Å². The molecule has 0 aromatic heterocycles. The molecule has 1 aromatic carbocycles. The molecule has 8 heteroatoms. The number of benzene rings is 1. The van der Waals surface area contributed by atoms with Gasteiger partial charge < -0.3 is 10.1 Å². The van der Waals surface area contributed by atoms with Crippen LogP contribution in [0, 0.1) is 0 Å². The SMILES string of the molecule is COCCCNC(=NCc1ccc(C(F)(F)F)cc1)NN. The molecule has 0 atom stereocenters. The predicted molar refractivity (Wildman–Crippen MR) is 74.4 cm³/mol. The Hall–Kier alpha value is -1.80. The molecule has 118 valence electrons. The van der Waals surface area contributed by atoms with E-state index in [0.29, 0.717) is 24.7 Å². The van der Waals surface area contributed by atoms with Crippen LogP contribution < -0.4 is 16.6 Å². The monoisotopic (exact) mass is 304 g/mol. The molecule has 0 bridgehead atoms. The number of ether oxygens (including phenoxy) is 1. The molecular weight excluding hydrogens is 285 g/mol. The van der Waals surface area contributed by atoms with E-state index in [1.165, 1.54) is 12.1 Å². The Morgan fingerprint density at radius 1 is 1.29 bits per heavy atom. The van der Waals surface area contributed by atoms with Crippen molar-refractivity contribution in [2.45, 2.75) is 19.1 Å². The van der Waals surface area contributed by atoms with Gasteiger partial charge in [0.05, 0.1) is 12.1 Å². The number of hydrogen-bond acceptors (Lipinski definition) is 3. The first-order chi connectivity index (χ1) is 9.97. The number of hydrazine groups is 1. The van der Waals surface area contributed by atoms with Crippen molar-refractivity contribution in [3.8, 4) is 0 Å². The fourth-order valence-corrected chi connectivity index (χ4v) is 1.55. The molecule has 0 aliphatic heterocycles. The van der Waals surface area contributed by atoms with E-state index >= 15 is 0 Å². The zero-order valence-corrected chi connectivity index (χ0v) is 11.7. The van der Waals surface area contributed by atoms with Gasteiger partial charge in [0.2, 0.25) is 5.96 Å². The summed E-state index contributed by atoms with van der Waals surface area (Å²) in [7, 11) is 1.61. The van der Waals surface area contributed by atoms with Crippen molar-refractivity contribution in [2.75, 3.05) is 20.3 Å². The van der Waals surface area contributed by atoms with E-state index in [1.807, 2.05) is 0 Å². The van der Waals surface area contributed by atoms with Crippen molar-refractivity contribution < 1.29 is 17.9 Å². The number of methoxy groups -OCH3 is 1. The quantitative estimate of drug-likeness (QED) is 0.246. The number of alkyl halides is 3. The Bertz CT molecular complexity index is 446. The molecule has 0 aliphatic rings. The van der Waals surface area contributed by atoms with Gasteiger partial charge in [-0.25, -0.2) is 10.8 Å². The lowest BCUT2D eigenvalue weighted by atomic mass is 10.1. The number of guanidine groups is 1. The van der Waals surface area contributed by atoms with Gasteiger partial charge in [-0.05, 0) is 24.1 Å². The lowest BCUT2D eigenvalue weighted by Crippen LogP contribution is -2.42. The number of nitrogens with zero attached hydrogens (tertiary/aromatic N) is 1. The average Bonchev–Trinajstić information content (AvgIpc) is 2.46. The van der Waals surface area contributed by atoms with Crippen LogP contribution in [0.25, 0.3) is 0 Å². The standard InChI is InChI=1S/C13H19F3N4O/c1-21-8-2-7-18-12(20-17)19-9-10-3-5-11(6-4-10)13(14,15)16/h3-6H,2,7-9,17H2,1H3,(H2,18,19,20). The highest BCUT2D eigenvalue weighted by Gasteiger charge is 2.29. The summed E-state index contributed by atoms with van der Waals surface area (Å²) in [5.41, 5.74) is 2.39. The molecule has 0 heterocycles. The fraction of sp³-hybridized carbons (Fsp3) is 0.462. The lowest BCUT2D eigenvalue weighted by Gasteiger charge is -2.09. The van der Waals surface area contributed by atoms with Crippen molar-refractivity contribution in [1.29, 1.82) is 0 Å². The summed E-state index contributed by atoms with van der Waals surface area (Å²) in [6.07, 6.45) is -3.54. The van der Waals surface area contributed by atoms with Crippen molar-refractivity contribution >= 4 is 5.96 Å². The second kappa shape index (κ2) is 8.48. The number of nitrogens with one attached hydrogen (secondary N) is 2. The Morgan fingerprint density at radius 3 is 2.48 bits per heavy atom. The molecule has 21 heavy (non-hydrogen) atoms. The van der Waals surface area contributed by atoms with Crippen molar-refractivity contribution in [2.24, 2.45) is 10.8 Å². The van der Waals surface area contributed by atoms with E-state index in [0.717, 1.165) is 18.6 Å². The second-order valence-corrected chi connectivity index (χ2v) is 4.28. The van der Waals surface area contributed by atoms with Crippen LogP contribution in [-0.2, 0) is 17.5 Å². The summed E-state index contributed by atoms with van der Waals surface area (Å²) in [5.74, 6) is 5.69. The number of aliphatic imine (C=N–C) groups is 1. The molecule has 0 aliphatic carbocycles. The van der Waals surface area contributed by atoms with Crippen LogP contribution in [0.3, 0.4) is 0 Å². The summed E-state index contributed by atoms with van der Waals surface area (Å²) >= 11 is 0. The molecule has 0 fully saturated rings. The average molecular weight is 304 g/mol. The van der Waals surface area contributed by atoms with Crippen molar-refractivity contribution in [3.05, 3.63) is 35.4 Å². The maximum absolute atomic E-state index is 12.4. The zero-order valence-electron chi connectivity index (χ0n) is 11.7. The van der Waals surface area contributed by atoms with Crippen LogP contribution in [0.1, 0.15) is 17.5 Å². The van der Waals surface area contributed by atoms with E-state index in [4.69, 9.17) is 10.6 Å². The summed E-state index contributed by atoms with van der Waals surface area (Å²) in [5, 5.41) is 2.96. The van der Waals surface area contributed by atoms with E-state index in [1.54, 1.807) is 7.11 Å². The minimum absolute atomic E-state index is 0.231. The smallest absolute Gasteiger partial charge is 0.385 e. The first-order valence-electron chi connectivity index (χ1n) is 6.37. The van der Waals surface area contributed by atoms with Crippen LogP contribution in [0.5, 0.6) is 0 Å². The van der Waals surface area contributed by atoms with Gasteiger partial charge in [-0.15, -0.1) is 0 Å². The van der Waals surface area contributed by atoms with Crippen LogP contribution in [-0.4, -0.2) is 26.2 Å². The molecule has 4 N–H and O–H groups in total. The number of hydrogen-bond donors (Lipinski definition) is 3. The molecule has 1 aromatic rings. The van der Waals surface area contributed by atoms with E-state index in [-0.39, 0.29) is 6.54 Å². The van der Waals surface area contributed by atoms with Gasteiger partial charge in [0.25, 0.3) is 0 Å². The highest BCUT2D eigenvalue weighted by Crippen LogP contribution is 2.29. The first-order valence-corrected chi connectivity index (χ1v) is 6.37. The molecule has 0 saturated carbocycles. The molecule has 0 spiro atoms. The minimum atomic E-state index is -4.32. The van der Waals surface area contributed by atoms with Crippen LogP contribution in [0.15, 0.2) is 29.3 Å². The summed E-state index contributed by atoms with van der Waals surface area (Å²) in [6, 6.07) is 4.86. The minimum Gasteiger partial charge on any atom is -0.385 e. The Morgan fingerprint density at radius 2 is 1.95 bits per heavy atom. The van der Waals surface area contributed by atoms with Crippen LogP contribution >= 0.6 is 0 Å². The molecular formula is C13H19F3N4O. The predicted octanol–water partition coefficient (Wildman–Crippen LogP) is 1.65. The van der Waals surface area contributed by atoms with Gasteiger partial charge in [0.1, 0.15) is 0 Å². The molecule has 0 saturated heterocycles. The van der Waals surface area contributed by atoms with Crippen LogP contribution in [0.4, 0.5) is 13.2 Å². The second-order valence-electron chi connectivity index (χ2n) is 4.28. The Kier molecular flexibility index (Phi) is 6.97. The maximum Gasteiger partial charge on any atom is 0.416 e. The van der Waals surface area contributed by atoms with Crippen molar-refractivity contribution in [3.63, 3.8) is 0 Å². The summed E-state index contributed by atoms with van der Waals surface area (Å²) < 4.78 is 42.2. The van der Waals surface area contributed by atoms with Crippen molar-refractivity contribution in [1.82, 2.24) is 10.7 Å². The zero-order chi connectivity index (χ0) is 15.7. The molecule has 0 radical (unpaired) electrons. The molecule has 0 unspecified atom stereocenters. The maximum atomic E-state index is 12.4. The first kappa shape index (κ1) is 17.3. The Labute approximate surface area is 121 Å². The third-order valence-electron chi connectivity index (χ3n) is 2.66. The Balaban J connectivity index is 2.53. The highest BCUT2D eigenvalue weighted by atomic mass is 19.4. The van der Waals surface area contributed by atoms with E-state index in [9.17, 15) is 13.2 Å². The van der Waals surface area contributed by atoms with E-state index < -0.39 is 11.7 Å². The fourth-order valence-electron chi connectivity index (χ4n) is 1.55. The molecule has 1 rings (SSSR count). The molecule has 0 amide bonds. The van der Waals surface area contributed by atoms with Crippen LogP contribution in [0.2, 0.25) is 0 Å².